The number of aliphatic imine (C=N–C) groups is 1. The summed E-state index contributed by atoms with van der Waals surface area (Å²) >= 11 is 0. The molecule has 1 aliphatic carbocycles. The molecule has 0 spiro atoms. The molecule has 3 aromatic rings. The average molecular weight is 510 g/mol. The monoisotopic (exact) mass is 509 g/mol. The number of aromatic nitrogens is 5. The van der Waals surface area contributed by atoms with Crippen LogP contribution in [0.5, 0.6) is 0 Å². The fourth-order valence-electron chi connectivity index (χ4n) is 5.01. The van der Waals surface area contributed by atoms with E-state index in [1.165, 1.54) is 17.8 Å². The number of piperidine rings is 1. The van der Waals surface area contributed by atoms with Gasteiger partial charge in [-0.2, -0.15) is 5.10 Å². The van der Waals surface area contributed by atoms with Crippen LogP contribution in [0.25, 0.3) is 22.2 Å². The number of Topliss-reactive ketones (excluding diaryl/α,β-unsaturated/α-hetero) is 2. The normalized spacial score (nSPS) is 20.5. The molecule has 38 heavy (non-hydrogen) atoms. The first kappa shape index (κ1) is 25.1. The van der Waals surface area contributed by atoms with Gasteiger partial charge in [-0.1, -0.05) is 25.3 Å². The van der Waals surface area contributed by atoms with E-state index in [4.69, 9.17) is 0 Å². The standard InChI is InChI=1S/C28H27N7O3/c1-5-7-8-21(29-6-2)28(38)24-10-18-9-23(18)35(24)26(37)15-34-25-14-32-22(19-12-30-17(4)31-13-19)11-20(25)27(33-34)16(3)36/h5-8,11-14,18,23-24H,1-2,9-10,15H2,3-4H3/b8-7-,29-21+/t18-,23-,24+/m1/s1. The molecule has 0 unspecified atom stereocenters. The molecule has 1 amide bonds. The first-order chi connectivity index (χ1) is 18.3. The van der Waals surface area contributed by atoms with Crippen LogP contribution in [0.1, 0.15) is 36.1 Å². The zero-order valence-electron chi connectivity index (χ0n) is 21.2. The van der Waals surface area contributed by atoms with Gasteiger partial charge in [0.2, 0.25) is 11.7 Å². The Balaban J connectivity index is 1.45. The van der Waals surface area contributed by atoms with E-state index in [-0.39, 0.29) is 41.5 Å². The summed E-state index contributed by atoms with van der Waals surface area (Å²) in [5.74, 6) is 0.236. The van der Waals surface area contributed by atoms with Crippen LogP contribution in [0.4, 0.5) is 0 Å². The molecule has 0 aromatic carbocycles. The van der Waals surface area contributed by atoms with E-state index in [0.29, 0.717) is 40.3 Å². The molecule has 3 atom stereocenters. The highest BCUT2D eigenvalue weighted by Gasteiger charge is 2.56. The number of carbonyl (C=O) groups excluding carboxylic acids is 3. The number of hydrogen-bond acceptors (Lipinski definition) is 8. The Kier molecular flexibility index (Phi) is 6.62. The Morgan fingerprint density at radius 1 is 1.13 bits per heavy atom. The molecule has 2 fully saturated rings. The molecular formula is C28H27N7O3. The lowest BCUT2D eigenvalue weighted by Gasteiger charge is -2.26. The lowest BCUT2D eigenvalue weighted by Crippen LogP contribution is -2.46. The number of nitrogens with zero attached hydrogens (tertiary/aromatic N) is 7. The molecule has 10 nitrogen and oxygen atoms in total. The largest absolute Gasteiger partial charge is 0.327 e. The summed E-state index contributed by atoms with van der Waals surface area (Å²) in [7, 11) is 0. The second-order valence-electron chi connectivity index (χ2n) is 9.44. The van der Waals surface area contributed by atoms with Crippen molar-refractivity contribution in [3.05, 3.63) is 73.8 Å². The van der Waals surface area contributed by atoms with Gasteiger partial charge < -0.3 is 4.90 Å². The second kappa shape index (κ2) is 10.0. The lowest BCUT2D eigenvalue weighted by atomic mass is 10.0. The van der Waals surface area contributed by atoms with E-state index >= 15 is 0 Å². The van der Waals surface area contributed by atoms with Gasteiger partial charge in [0.15, 0.2) is 5.78 Å². The third-order valence-corrected chi connectivity index (χ3v) is 6.90. The van der Waals surface area contributed by atoms with Gasteiger partial charge in [0.25, 0.3) is 0 Å². The third-order valence-electron chi connectivity index (χ3n) is 6.90. The number of amides is 1. The smallest absolute Gasteiger partial charge is 0.245 e. The number of likely N-dealkylation sites (tertiary alicyclic amines) is 1. The van der Waals surface area contributed by atoms with Crippen molar-refractivity contribution in [1.29, 1.82) is 0 Å². The lowest BCUT2D eigenvalue weighted by molar-refractivity contribution is -0.137. The van der Waals surface area contributed by atoms with E-state index in [1.807, 2.05) is 0 Å². The first-order valence-electron chi connectivity index (χ1n) is 12.3. The number of allylic oxidation sites excluding steroid dienone is 3. The maximum Gasteiger partial charge on any atom is 0.245 e. The van der Waals surface area contributed by atoms with Gasteiger partial charge in [-0.3, -0.25) is 29.0 Å². The van der Waals surface area contributed by atoms with E-state index in [2.05, 4.69) is 38.2 Å². The summed E-state index contributed by atoms with van der Waals surface area (Å²) in [6.45, 7) is 10.3. The van der Waals surface area contributed by atoms with Crippen LogP contribution in [-0.2, 0) is 16.1 Å². The predicted molar refractivity (Wildman–Crippen MR) is 142 cm³/mol. The SMILES string of the molecule is C=C/C=C\C(=N/C=C)C(=O)[C@@H]1C[C@H]2C[C@H]2N1C(=O)Cn1nc(C(C)=O)c2cc(-c3cnc(C)nc3)ncc21. The van der Waals surface area contributed by atoms with Gasteiger partial charge >= 0.3 is 0 Å². The highest BCUT2D eigenvalue weighted by atomic mass is 16.2. The van der Waals surface area contributed by atoms with Crippen molar-refractivity contribution >= 4 is 34.1 Å². The first-order valence-corrected chi connectivity index (χ1v) is 12.3. The van der Waals surface area contributed by atoms with Crippen molar-refractivity contribution in [2.24, 2.45) is 10.9 Å². The summed E-state index contributed by atoms with van der Waals surface area (Å²) in [5.41, 5.74) is 2.33. The van der Waals surface area contributed by atoms with E-state index in [0.717, 1.165) is 6.42 Å². The zero-order valence-corrected chi connectivity index (χ0v) is 21.2. The maximum atomic E-state index is 13.6. The molecule has 10 heteroatoms. The minimum atomic E-state index is -0.611. The molecule has 1 saturated carbocycles. The average Bonchev–Trinajstić information content (AvgIpc) is 3.41. The van der Waals surface area contributed by atoms with Gasteiger partial charge in [0.1, 0.15) is 23.8 Å². The number of pyridine rings is 1. The van der Waals surface area contributed by atoms with Gasteiger partial charge in [-0.15, -0.1) is 0 Å². The molecule has 3 aromatic heterocycles. The van der Waals surface area contributed by atoms with Crippen LogP contribution in [-0.4, -0.2) is 64.9 Å². The van der Waals surface area contributed by atoms with Crippen molar-refractivity contribution in [2.45, 2.75) is 45.3 Å². The van der Waals surface area contributed by atoms with E-state index in [1.54, 1.807) is 54.7 Å². The van der Waals surface area contributed by atoms with Gasteiger partial charge in [-0.25, -0.2) is 9.97 Å². The van der Waals surface area contributed by atoms with Crippen molar-refractivity contribution in [1.82, 2.24) is 29.6 Å². The fourth-order valence-corrected chi connectivity index (χ4v) is 5.01. The van der Waals surface area contributed by atoms with Gasteiger partial charge in [0.05, 0.1) is 23.4 Å². The van der Waals surface area contributed by atoms with E-state index in [9.17, 15) is 14.4 Å². The predicted octanol–water partition coefficient (Wildman–Crippen LogP) is 3.28. The van der Waals surface area contributed by atoms with Gasteiger partial charge in [0, 0.05) is 42.5 Å². The summed E-state index contributed by atoms with van der Waals surface area (Å²) in [6, 6.07) is 1.17. The Hall–Kier alpha value is -4.60. The number of hydrogen-bond donors (Lipinski definition) is 0. The maximum absolute atomic E-state index is 13.6. The van der Waals surface area contributed by atoms with Crippen LogP contribution in [0.3, 0.4) is 0 Å². The molecule has 1 saturated heterocycles. The molecule has 5 rings (SSSR count). The second-order valence-corrected chi connectivity index (χ2v) is 9.44. The van der Waals surface area contributed by atoms with Gasteiger partial charge in [-0.05, 0) is 37.8 Å². The Bertz CT molecular complexity index is 1530. The number of rotatable bonds is 9. The summed E-state index contributed by atoms with van der Waals surface area (Å²) in [4.78, 5) is 58.1. The van der Waals surface area contributed by atoms with Crippen LogP contribution < -0.4 is 0 Å². The summed E-state index contributed by atoms with van der Waals surface area (Å²) < 4.78 is 1.49. The van der Waals surface area contributed by atoms with Crippen LogP contribution >= 0.6 is 0 Å². The van der Waals surface area contributed by atoms with Crippen LogP contribution in [0, 0.1) is 12.8 Å². The minimum Gasteiger partial charge on any atom is -0.327 e. The minimum absolute atomic E-state index is 0.0187. The molecule has 2 aliphatic rings. The topological polar surface area (TPSA) is 123 Å². The van der Waals surface area contributed by atoms with Crippen LogP contribution in [0.15, 0.2) is 67.2 Å². The Morgan fingerprint density at radius 3 is 2.58 bits per heavy atom. The number of carbonyl (C=O) groups is 3. The molecule has 0 N–H and O–H groups in total. The highest BCUT2D eigenvalue weighted by molar-refractivity contribution is 6.46. The van der Waals surface area contributed by atoms with Crippen molar-refractivity contribution in [2.75, 3.05) is 0 Å². The number of aryl methyl sites for hydroxylation is 1. The Labute approximate surface area is 219 Å². The fraction of sp³-hybridized carbons (Fsp3) is 0.286. The quantitative estimate of drug-likeness (QED) is 0.246. The van der Waals surface area contributed by atoms with Crippen molar-refractivity contribution in [3.8, 4) is 11.3 Å². The summed E-state index contributed by atoms with van der Waals surface area (Å²) in [6.07, 6.45) is 12.5. The molecule has 192 valence electrons. The van der Waals surface area contributed by atoms with Crippen LogP contribution in [0.2, 0.25) is 0 Å². The molecule has 0 bridgehead atoms. The number of fused-ring (bicyclic) bond motifs is 2. The Morgan fingerprint density at radius 2 is 1.89 bits per heavy atom. The molecular weight excluding hydrogens is 482 g/mol. The number of ketones is 2. The summed E-state index contributed by atoms with van der Waals surface area (Å²) in [5, 5.41) is 5.05. The highest BCUT2D eigenvalue weighted by Crippen LogP contribution is 2.48. The van der Waals surface area contributed by atoms with E-state index < -0.39 is 6.04 Å². The van der Waals surface area contributed by atoms with Crippen molar-refractivity contribution < 1.29 is 14.4 Å². The molecule has 1 aliphatic heterocycles. The third kappa shape index (κ3) is 4.60. The molecule has 4 heterocycles. The van der Waals surface area contributed by atoms with Crippen molar-refractivity contribution in [3.63, 3.8) is 0 Å². The molecule has 0 radical (unpaired) electrons. The zero-order chi connectivity index (χ0) is 27.0.